The van der Waals surface area contributed by atoms with Gasteiger partial charge in [-0.05, 0) is 17.2 Å². The maximum Gasteiger partial charge on any atom is 0.228 e. The molecule has 0 spiro atoms. The van der Waals surface area contributed by atoms with Gasteiger partial charge in [-0.15, -0.1) is 0 Å². The first kappa shape index (κ1) is 11.0. The quantitative estimate of drug-likeness (QED) is 0.796. The Bertz CT molecular complexity index is 470. The van der Waals surface area contributed by atoms with Crippen LogP contribution in [0.4, 0.5) is 5.69 Å². The van der Waals surface area contributed by atoms with Gasteiger partial charge in [-0.2, -0.15) is 0 Å². The predicted molar refractivity (Wildman–Crippen MR) is 65.3 cm³/mol. The van der Waals surface area contributed by atoms with Crippen molar-refractivity contribution in [1.29, 1.82) is 0 Å². The number of ether oxygens (including phenoxy) is 1. The number of benzene rings is 1. The van der Waals surface area contributed by atoms with Crippen molar-refractivity contribution in [1.82, 2.24) is 5.32 Å². The Kier molecular flexibility index (Phi) is 2.78. The number of carbonyl (C=O) groups is 1. The molecule has 2 heterocycles. The fourth-order valence-corrected chi connectivity index (χ4v) is 2.58. The van der Waals surface area contributed by atoms with Crippen LogP contribution in [-0.4, -0.2) is 25.6 Å². The number of halogens is 1. The highest BCUT2D eigenvalue weighted by atomic mass is 35.5. The normalized spacial score (nSPS) is 23.4. The van der Waals surface area contributed by atoms with Gasteiger partial charge in [0.15, 0.2) is 0 Å². The van der Waals surface area contributed by atoms with E-state index >= 15 is 0 Å². The Labute approximate surface area is 104 Å². The van der Waals surface area contributed by atoms with Crippen molar-refractivity contribution in [2.24, 2.45) is 0 Å². The summed E-state index contributed by atoms with van der Waals surface area (Å²) in [7, 11) is 0. The lowest BCUT2D eigenvalue weighted by Crippen LogP contribution is -2.33. The van der Waals surface area contributed by atoms with Gasteiger partial charge in [0.05, 0.1) is 29.8 Å². The molecule has 0 aromatic heterocycles. The van der Waals surface area contributed by atoms with Gasteiger partial charge in [-0.25, -0.2) is 0 Å². The summed E-state index contributed by atoms with van der Waals surface area (Å²) >= 11 is 6.17. The van der Waals surface area contributed by atoms with Gasteiger partial charge < -0.3 is 15.4 Å². The summed E-state index contributed by atoms with van der Waals surface area (Å²) in [5.74, 6) is 0.00161. The van der Waals surface area contributed by atoms with Crippen LogP contribution in [-0.2, 0) is 16.0 Å². The lowest BCUT2D eigenvalue weighted by atomic mass is 10.0. The summed E-state index contributed by atoms with van der Waals surface area (Å²) in [5.41, 5.74) is 2.76. The van der Waals surface area contributed by atoms with Gasteiger partial charge >= 0.3 is 0 Å². The number of rotatable bonds is 1. The van der Waals surface area contributed by atoms with Crippen molar-refractivity contribution >= 4 is 23.2 Å². The van der Waals surface area contributed by atoms with Gasteiger partial charge in [0.2, 0.25) is 5.91 Å². The standard InChI is InChI=1S/C12H13ClN2O2/c13-9-4-7(10-6-14-1-2-17-10)3-8-5-11(16)15-12(8)9/h3-4,10,14H,1-2,5-6H2,(H,15,16). The highest BCUT2D eigenvalue weighted by Gasteiger charge is 2.24. The van der Waals surface area contributed by atoms with Crippen LogP contribution >= 0.6 is 11.6 Å². The topological polar surface area (TPSA) is 50.4 Å². The summed E-state index contributed by atoms with van der Waals surface area (Å²) in [6.07, 6.45) is 0.436. The fourth-order valence-electron chi connectivity index (χ4n) is 2.29. The first-order valence-electron chi connectivity index (χ1n) is 5.68. The molecule has 90 valence electrons. The molecule has 0 bridgehead atoms. The summed E-state index contributed by atoms with van der Waals surface area (Å²) in [4.78, 5) is 11.3. The predicted octanol–water partition coefficient (Wildman–Crippen LogP) is 1.50. The van der Waals surface area contributed by atoms with Crippen LogP contribution in [0.3, 0.4) is 0 Å². The molecule has 0 aliphatic carbocycles. The minimum atomic E-state index is 0.00161. The number of fused-ring (bicyclic) bond motifs is 1. The second-order valence-electron chi connectivity index (χ2n) is 4.33. The third-order valence-electron chi connectivity index (χ3n) is 3.11. The van der Waals surface area contributed by atoms with Gasteiger partial charge in [0.25, 0.3) is 0 Å². The molecule has 2 aliphatic heterocycles. The van der Waals surface area contributed by atoms with Crippen LogP contribution in [0.1, 0.15) is 17.2 Å². The van der Waals surface area contributed by atoms with Crippen molar-refractivity contribution in [3.05, 3.63) is 28.3 Å². The van der Waals surface area contributed by atoms with Gasteiger partial charge in [-0.3, -0.25) is 4.79 Å². The zero-order valence-corrected chi connectivity index (χ0v) is 10.0. The number of hydrogen-bond acceptors (Lipinski definition) is 3. The van der Waals surface area contributed by atoms with E-state index in [1.807, 2.05) is 12.1 Å². The highest BCUT2D eigenvalue weighted by Crippen LogP contribution is 2.35. The van der Waals surface area contributed by atoms with Crippen LogP contribution in [0.15, 0.2) is 12.1 Å². The van der Waals surface area contributed by atoms with Crippen molar-refractivity contribution < 1.29 is 9.53 Å². The van der Waals surface area contributed by atoms with Gasteiger partial charge in [0, 0.05) is 13.1 Å². The van der Waals surface area contributed by atoms with Crippen molar-refractivity contribution in [3.8, 4) is 0 Å². The highest BCUT2D eigenvalue weighted by molar-refractivity contribution is 6.34. The van der Waals surface area contributed by atoms with E-state index in [2.05, 4.69) is 10.6 Å². The van der Waals surface area contributed by atoms with Crippen molar-refractivity contribution in [2.45, 2.75) is 12.5 Å². The molecule has 5 heteroatoms. The van der Waals surface area contributed by atoms with Crippen LogP contribution in [0.5, 0.6) is 0 Å². The van der Waals surface area contributed by atoms with Gasteiger partial charge in [-0.1, -0.05) is 17.7 Å². The fraction of sp³-hybridized carbons (Fsp3) is 0.417. The minimum absolute atomic E-state index is 0.00161. The summed E-state index contributed by atoms with van der Waals surface area (Å²) in [6.45, 7) is 2.38. The van der Waals surface area contributed by atoms with E-state index in [-0.39, 0.29) is 12.0 Å². The first-order valence-corrected chi connectivity index (χ1v) is 6.06. The first-order chi connectivity index (χ1) is 8.24. The summed E-state index contributed by atoms with van der Waals surface area (Å²) < 4.78 is 5.68. The number of morpholine rings is 1. The lowest BCUT2D eigenvalue weighted by Gasteiger charge is -2.24. The molecule has 3 rings (SSSR count). The van der Waals surface area contributed by atoms with E-state index in [4.69, 9.17) is 16.3 Å². The second kappa shape index (κ2) is 4.29. The molecule has 0 saturated carbocycles. The number of amides is 1. The molecule has 2 N–H and O–H groups in total. The Morgan fingerprint density at radius 3 is 3.06 bits per heavy atom. The zero-order valence-electron chi connectivity index (χ0n) is 9.25. The van der Waals surface area contributed by atoms with E-state index in [1.165, 1.54) is 0 Å². The molecule has 1 aromatic carbocycles. The molecule has 1 unspecified atom stereocenters. The molecule has 2 aliphatic rings. The van der Waals surface area contributed by atoms with Crippen LogP contribution < -0.4 is 10.6 Å². The minimum Gasteiger partial charge on any atom is -0.371 e. The smallest absolute Gasteiger partial charge is 0.228 e. The van der Waals surface area contributed by atoms with E-state index in [9.17, 15) is 4.79 Å². The molecule has 1 aromatic rings. The molecular weight excluding hydrogens is 240 g/mol. The third-order valence-corrected chi connectivity index (χ3v) is 3.41. The summed E-state index contributed by atoms with van der Waals surface area (Å²) in [5, 5.41) is 6.64. The zero-order chi connectivity index (χ0) is 11.8. The van der Waals surface area contributed by atoms with Gasteiger partial charge in [0.1, 0.15) is 0 Å². The number of carbonyl (C=O) groups excluding carboxylic acids is 1. The average Bonchev–Trinajstić information content (AvgIpc) is 2.71. The number of hydrogen-bond donors (Lipinski definition) is 2. The third kappa shape index (κ3) is 2.04. The molecule has 4 nitrogen and oxygen atoms in total. The SMILES string of the molecule is O=C1Cc2cc(C3CNCCO3)cc(Cl)c2N1. The molecule has 1 fully saturated rings. The van der Waals surface area contributed by atoms with E-state index < -0.39 is 0 Å². The van der Waals surface area contributed by atoms with Crippen LogP contribution in [0.2, 0.25) is 5.02 Å². The average molecular weight is 253 g/mol. The Hall–Kier alpha value is -1.10. The molecular formula is C12H13ClN2O2. The molecule has 0 radical (unpaired) electrons. The largest absolute Gasteiger partial charge is 0.371 e. The molecule has 1 saturated heterocycles. The molecule has 17 heavy (non-hydrogen) atoms. The molecule has 1 amide bonds. The lowest BCUT2D eigenvalue weighted by molar-refractivity contribution is -0.115. The van der Waals surface area contributed by atoms with E-state index in [1.54, 1.807) is 0 Å². The maximum absolute atomic E-state index is 11.3. The molecule has 1 atom stereocenters. The Morgan fingerprint density at radius 1 is 1.41 bits per heavy atom. The maximum atomic E-state index is 11.3. The number of nitrogens with one attached hydrogen (secondary N) is 2. The van der Waals surface area contributed by atoms with Crippen molar-refractivity contribution in [2.75, 3.05) is 25.0 Å². The Morgan fingerprint density at radius 2 is 2.29 bits per heavy atom. The summed E-state index contributed by atoms with van der Waals surface area (Å²) in [6, 6.07) is 3.89. The monoisotopic (exact) mass is 252 g/mol. The van der Waals surface area contributed by atoms with Crippen molar-refractivity contribution in [3.63, 3.8) is 0 Å². The Balaban J connectivity index is 1.94. The second-order valence-corrected chi connectivity index (χ2v) is 4.73. The van der Waals surface area contributed by atoms with Crippen LogP contribution in [0, 0.1) is 0 Å². The van der Waals surface area contributed by atoms with E-state index in [0.717, 1.165) is 29.9 Å². The number of anilines is 1. The van der Waals surface area contributed by atoms with Crippen LogP contribution in [0.25, 0.3) is 0 Å². The van der Waals surface area contributed by atoms with E-state index in [0.29, 0.717) is 18.1 Å².